The number of hydrogen-bond donors (Lipinski definition) is 1. The van der Waals surface area contributed by atoms with Crippen LogP contribution < -0.4 is 10.1 Å². The number of rotatable bonds is 11. The zero-order valence-corrected chi connectivity index (χ0v) is 23.3. The third kappa shape index (κ3) is 8.26. The highest BCUT2D eigenvalue weighted by molar-refractivity contribution is 9.10. The molecule has 0 saturated heterocycles. The zero-order chi connectivity index (χ0) is 26.1. The van der Waals surface area contributed by atoms with Crippen molar-refractivity contribution < 1.29 is 14.3 Å². The Hall–Kier alpha value is -2.54. The average Bonchev–Trinajstić information content (AvgIpc) is 2.87. The van der Waals surface area contributed by atoms with E-state index < -0.39 is 6.04 Å². The lowest BCUT2D eigenvalue weighted by atomic mass is 10.0. The Morgan fingerprint density at radius 3 is 2.36 bits per heavy atom. The number of nitrogens with zero attached hydrogens (tertiary/aromatic N) is 1. The van der Waals surface area contributed by atoms with Gasteiger partial charge in [-0.2, -0.15) is 0 Å². The maximum atomic E-state index is 13.6. The first kappa shape index (κ1) is 28.0. The molecular formula is C28H29BrCl2N2O3. The summed E-state index contributed by atoms with van der Waals surface area (Å²) in [6, 6.07) is 21.2. The fraction of sp³-hybridized carbons (Fsp3) is 0.286. The fourth-order valence-corrected chi connectivity index (χ4v) is 4.32. The van der Waals surface area contributed by atoms with Crippen molar-refractivity contribution in [3.63, 3.8) is 0 Å². The van der Waals surface area contributed by atoms with E-state index in [0.717, 1.165) is 16.5 Å². The number of hydrogen-bond acceptors (Lipinski definition) is 3. The lowest BCUT2D eigenvalue weighted by Crippen LogP contribution is -2.53. The third-order valence-corrected chi connectivity index (χ3v) is 6.92. The van der Waals surface area contributed by atoms with Crippen LogP contribution in [0.15, 0.2) is 77.3 Å². The smallest absolute Gasteiger partial charge is 0.261 e. The van der Waals surface area contributed by atoms with Crippen LogP contribution >= 0.6 is 39.1 Å². The molecule has 0 aliphatic carbocycles. The summed E-state index contributed by atoms with van der Waals surface area (Å²) >= 11 is 15.9. The minimum Gasteiger partial charge on any atom is -0.484 e. The van der Waals surface area contributed by atoms with Crippen LogP contribution in [-0.4, -0.2) is 35.4 Å². The molecule has 0 aromatic heterocycles. The number of carbonyl (C=O) groups excluding carboxylic acids is 2. The van der Waals surface area contributed by atoms with E-state index in [0.29, 0.717) is 27.8 Å². The summed E-state index contributed by atoms with van der Waals surface area (Å²) in [4.78, 5) is 28.6. The lowest BCUT2D eigenvalue weighted by Gasteiger charge is -2.32. The van der Waals surface area contributed by atoms with E-state index in [4.69, 9.17) is 27.9 Å². The van der Waals surface area contributed by atoms with Gasteiger partial charge in [-0.25, -0.2) is 0 Å². The summed E-state index contributed by atoms with van der Waals surface area (Å²) in [7, 11) is 0. The Labute approximate surface area is 230 Å². The summed E-state index contributed by atoms with van der Waals surface area (Å²) < 4.78 is 6.68. The lowest BCUT2D eigenvalue weighted by molar-refractivity contribution is -0.143. The van der Waals surface area contributed by atoms with Crippen LogP contribution in [0.4, 0.5) is 0 Å². The highest BCUT2D eigenvalue weighted by Crippen LogP contribution is 2.24. The Morgan fingerprint density at radius 1 is 1.03 bits per heavy atom. The molecule has 2 unspecified atom stereocenters. The van der Waals surface area contributed by atoms with Crippen LogP contribution in [0.25, 0.3) is 0 Å². The monoisotopic (exact) mass is 590 g/mol. The zero-order valence-electron chi connectivity index (χ0n) is 20.2. The normalized spacial score (nSPS) is 12.5. The SMILES string of the molecule is CCC(C)NC(=O)C(Cc1ccccc1)N(Cc1ccc(Cl)cc1Cl)C(=O)COc1ccc(Br)cc1. The molecule has 5 nitrogen and oxygen atoms in total. The average molecular weight is 592 g/mol. The first-order valence-corrected chi connectivity index (χ1v) is 13.3. The number of benzene rings is 3. The van der Waals surface area contributed by atoms with Crippen LogP contribution in [0.1, 0.15) is 31.4 Å². The van der Waals surface area contributed by atoms with E-state index in [1.165, 1.54) is 0 Å². The van der Waals surface area contributed by atoms with Gasteiger partial charge in [0.15, 0.2) is 6.61 Å². The minimum absolute atomic E-state index is 0.0362. The molecule has 0 radical (unpaired) electrons. The summed E-state index contributed by atoms with van der Waals surface area (Å²) in [5.74, 6) is -0.000796. The second kappa shape index (κ2) is 13.7. The van der Waals surface area contributed by atoms with Crippen molar-refractivity contribution in [1.82, 2.24) is 10.2 Å². The second-order valence-electron chi connectivity index (χ2n) is 8.52. The van der Waals surface area contributed by atoms with Crippen molar-refractivity contribution in [1.29, 1.82) is 0 Å². The molecule has 8 heteroatoms. The molecule has 190 valence electrons. The van der Waals surface area contributed by atoms with E-state index in [2.05, 4.69) is 21.2 Å². The number of ether oxygens (including phenoxy) is 1. The molecule has 3 rings (SSSR count). The number of halogens is 3. The highest BCUT2D eigenvalue weighted by atomic mass is 79.9. The molecule has 3 aromatic rings. The molecule has 2 amide bonds. The third-order valence-electron chi connectivity index (χ3n) is 5.80. The molecule has 0 spiro atoms. The summed E-state index contributed by atoms with van der Waals surface area (Å²) in [5.41, 5.74) is 1.63. The predicted molar refractivity (Wildman–Crippen MR) is 148 cm³/mol. The largest absolute Gasteiger partial charge is 0.484 e. The van der Waals surface area contributed by atoms with Crippen LogP contribution in [0, 0.1) is 0 Å². The Bertz CT molecular complexity index is 1160. The Balaban J connectivity index is 1.93. The van der Waals surface area contributed by atoms with Gasteiger partial charge in [0.05, 0.1) is 0 Å². The highest BCUT2D eigenvalue weighted by Gasteiger charge is 2.31. The molecule has 3 aromatic carbocycles. The van der Waals surface area contributed by atoms with Gasteiger partial charge in [-0.1, -0.05) is 82.5 Å². The molecule has 0 heterocycles. The standard InChI is InChI=1S/C28H29BrCl2N2O3/c1-3-19(2)32-28(35)26(15-20-7-5-4-6-8-20)33(17-21-9-12-23(30)16-25(21)31)27(34)18-36-24-13-10-22(29)11-14-24/h4-14,16,19,26H,3,15,17-18H2,1-2H3,(H,32,35). The topological polar surface area (TPSA) is 58.6 Å². The maximum absolute atomic E-state index is 13.6. The van der Waals surface area contributed by atoms with E-state index in [-0.39, 0.29) is 31.0 Å². The first-order chi connectivity index (χ1) is 17.3. The van der Waals surface area contributed by atoms with Crippen LogP contribution in [0.3, 0.4) is 0 Å². The molecule has 0 fully saturated rings. The van der Waals surface area contributed by atoms with Crippen molar-refractivity contribution >= 4 is 50.9 Å². The van der Waals surface area contributed by atoms with Gasteiger partial charge in [-0.3, -0.25) is 9.59 Å². The number of carbonyl (C=O) groups is 2. The molecule has 0 aliphatic heterocycles. The fourth-order valence-electron chi connectivity index (χ4n) is 3.59. The van der Waals surface area contributed by atoms with Gasteiger partial charge in [-0.15, -0.1) is 0 Å². The molecule has 1 N–H and O–H groups in total. The second-order valence-corrected chi connectivity index (χ2v) is 10.3. The summed E-state index contributed by atoms with van der Waals surface area (Å²) in [5, 5.41) is 3.96. The van der Waals surface area contributed by atoms with Gasteiger partial charge >= 0.3 is 0 Å². The minimum atomic E-state index is -0.769. The first-order valence-electron chi connectivity index (χ1n) is 11.7. The van der Waals surface area contributed by atoms with Crippen LogP contribution in [0.5, 0.6) is 5.75 Å². The molecule has 0 aliphatic rings. The van der Waals surface area contributed by atoms with Gasteiger partial charge in [-0.05, 0) is 60.9 Å². The van der Waals surface area contributed by atoms with Gasteiger partial charge < -0.3 is 15.0 Å². The molecule has 2 atom stereocenters. The Morgan fingerprint density at radius 2 is 1.72 bits per heavy atom. The predicted octanol–water partition coefficient (Wildman–Crippen LogP) is 6.69. The molecule has 0 bridgehead atoms. The summed E-state index contributed by atoms with van der Waals surface area (Å²) in [6.45, 7) is 3.84. The molecule has 36 heavy (non-hydrogen) atoms. The molecular weight excluding hydrogens is 563 g/mol. The van der Waals surface area contributed by atoms with Gasteiger partial charge in [0.25, 0.3) is 5.91 Å². The van der Waals surface area contributed by atoms with E-state index in [1.54, 1.807) is 35.2 Å². The maximum Gasteiger partial charge on any atom is 0.261 e. The van der Waals surface area contributed by atoms with Crippen molar-refractivity contribution in [2.75, 3.05) is 6.61 Å². The van der Waals surface area contributed by atoms with Gasteiger partial charge in [0.2, 0.25) is 5.91 Å². The molecule has 0 saturated carbocycles. The Kier molecular flexibility index (Phi) is 10.7. The van der Waals surface area contributed by atoms with Crippen molar-refractivity contribution in [2.45, 2.75) is 45.3 Å². The van der Waals surface area contributed by atoms with E-state index in [9.17, 15) is 9.59 Å². The van der Waals surface area contributed by atoms with Crippen molar-refractivity contribution in [3.05, 3.63) is 98.4 Å². The van der Waals surface area contributed by atoms with Crippen LogP contribution in [0.2, 0.25) is 10.0 Å². The number of amides is 2. The van der Waals surface area contributed by atoms with E-state index in [1.807, 2.05) is 56.3 Å². The van der Waals surface area contributed by atoms with E-state index >= 15 is 0 Å². The van der Waals surface area contributed by atoms with Crippen LogP contribution in [-0.2, 0) is 22.6 Å². The van der Waals surface area contributed by atoms with Crippen molar-refractivity contribution in [2.24, 2.45) is 0 Å². The number of nitrogens with one attached hydrogen (secondary N) is 1. The van der Waals surface area contributed by atoms with Gasteiger partial charge in [0.1, 0.15) is 11.8 Å². The summed E-state index contributed by atoms with van der Waals surface area (Å²) in [6.07, 6.45) is 1.12. The quantitative estimate of drug-likeness (QED) is 0.270. The van der Waals surface area contributed by atoms with Crippen molar-refractivity contribution in [3.8, 4) is 5.75 Å². The van der Waals surface area contributed by atoms with Gasteiger partial charge in [0, 0.05) is 33.5 Å².